The predicted molar refractivity (Wildman–Crippen MR) is 57.1 cm³/mol. The van der Waals surface area contributed by atoms with Crippen LogP contribution in [0.3, 0.4) is 0 Å². The minimum atomic E-state index is -0.0394. The third-order valence-corrected chi connectivity index (χ3v) is 5.04. The number of aliphatic hydroxyl groups excluding tert-OH is 1. The molecule has 3 fully saturated rings. The molecule has 5 atom stereocenters. The highest BCUT2D eigenvalue weighted by Gasteiger charge is 2.62. The molecule has 0 aromatic carbocycles. The normalized spacial score (nSPS) is 55.9. The van der Waals surface area contributed by atoms with Gasteiger partial charge in [-0.05, 0) is 31.6 Å². The second-order valence-corrected chi connectivity index (χ2v) is 5.47. The van der Waals surface area contributed by atoms with Crippen LogP contribution in [0, 0.1) is 17.8 Å². The van der Waals surface area contributed by atoms with E-state index < -0.39 is 0 Å². The summed E-state index contributed by atoms with van der Waals surface area (Å²) in [6, 6.07) is 0. The molecule has 0 spiro atoms. The number of aliphatic hydroxyl groups is 1. The van der Waals surface area contributed by atoms with E-state index in [2.05, 4.69) is 18.7 Å². The fourth-order valence-electron chi connectivity index (χ4n) is 4.43. The molecule has 1 N–H and O–H groups in total. The summed E-state index contributed by atoms with van der Waals surface area (Å²) in [5.41, 5.74) is 0.360. The average Bonchev–Trinajstić information content (AvgIpc) is 2.58. The van der Waals surface area contributed by atoms with Crippen molar-refractivity contribution in [2.45, 2.75) is 38.3 Å². The SMILES string of the molecule is C[C@@H]1CN2C[C@@H](O)[C@H]3CC[C@@H]1[C@]32C.[B]. The predicted octanol–water partition coefficient (Wildman–Crippen LogP) is 0.717. The lowest BCUT2D eigenvalue weighted by Crippen LogP contribution is -2.41. The van der Waals surface area contributed by atoms with Crippen LogP contribution < -0.4 is 0 Å². The molecule has 2 saturated heterocycles. The number of nitrogens with zero attached hydrogens (tertiary/aromatic N) is 1. The van der Waals surface area contributed by atoms with E-state index in [9.17, 15) is 5.11 Å². The smallest absolute Gasteiger partial charge is 0.0713 e. The Morgan fingerprint density at radius 2 is 1.86 bits per heavy atom. The minimum absolute atomic E-state index is 0. The first kappa shape index (κ1) is 10.5. The first-order valence-electron chi connectivity index (χ1n) is 5.57. The van der Waals surface area contributed by atoms with E-state index in [0.717, 1.165) is 18.4 Å². The molecule has 0 bridgehead atoms. The number of rotatable bonds is 0. The van der Waals surface area contributed by atoms with Gasteiger partial charge in [-0.15, -0.1) is 0 Å². The fourth-order valence-corrected chi connectivity index (χ4v) is 4.43. The molecule has 0 aromatic heterocycles. The van der Waals surface area contributed by atoms with Crippen LogP contribution in [0.15, 0.2) is 0 Å². The van der Waals surface area contributed by atoms with E-state index in [-0.39, 0.29) is 14.5 Å². The zero-order valence-corrected chi connectivity index (χ0v) is 9.11. The topological polar surface area (TPSA) is 23.5 Å². The molecule has 0 amide bonds. The third kappa shape index (κ3) is 0.952. The Bertz CT molecular complexity index is 225. The quantitative estimate of drug-likeness (QED) is 0.571. The molecular formula is C11H19BNO. The van der Waals surface area contributed by atoms with E-state index in [4.69, 9.17) is 0 Å². The standard InChI is InChI=1S/C11H19NO.B/c1-7-5-12-6-10(13)9-4-3-8(7)11(9,12)2;/h7-10,13H,3-6H2,1-2H3;/t7-,8+,9-,10-,11-;/m1./s1. The van der Waals surface area contributed by atoms with E-state index in [0.29, 0.717) is 11.5 Å². The van der Waals surface area contributed by atoms with Crippen molar-refractivity contribution in [2.75, 3.05) is 13.1 Å². The number of β-amino-alcohol motifs (C(OH)–C–C–N with tert-alkyl or cyclic N) is 1. The summed E-state index contributed by atoms with van der Waals surface area (Å²) in [6.45, 7) is 6.91. The van der Waals surface area contributed by atoms with Crippen LogP contribution >= 0.6 is 0 Å². The lowest BCUT2D eigenvalue weighted by Gasteiger charge is -2.32. The van der Waals surface area contributed by atoms with Crippen LogP contribution in [0.2, 0.25) is 0 Å². The van der Waals surface area contributed by atoms with Crippen LogP contribution in [0.1, 0.15) is 26.7 Å². The Labute approximate surface area is 88.2 Å². The van der Waals surface area contributed by atoms with Crippen molar-refractivity contribution in [1.29, 1.82) is 0 Å². The van der Waals surface area contributed by atoms with Crippen LogP contribution in [-0.4, -0.2) is 43.2 Å². The monoisotopic (exact) mass is 192 g/mol. The summed E-state index contributed by atoms with van der Waals surface area (Å²) < 4.78 is 0. The van der Waals surface area contributed by atoms with Crippen molar-refractivity contribution in [3.05, 3.63) is 0 Å². The zero-order chi connectivity index (χ0) is 9.22. The minimum Gasteiger partial charge on any atom is -0.391 e. The van der Waals surface area contributed by atoms with Gasteiger partial charge in [0.2, 0.25) is 0 Å². The van der Waals surface area contributed by atoms with Gasteiger partial charge in [-0.2, -0.15) is 0 Å². The molecule has 0 aromatic rings. The van der Waals surface area contributed by atoms with Gasteiger partial charge in [0, 0.05) is 33.0 Å². The molecule has 77 valence electrons. The van der Waals surface area contributed by atoms with Crippen molar-refractivity contribution in [2.24, 2.45) is 17.8 Å². The average molecular weight is 192 g/mol. The van der Waals surface area contributed by atoms with Crippen LogP contribution in [0.25, 0.3) is 0 Å². The number of hydrogen-bond acceptors (Lipinski definition) is 2. The fraction of sp³-hybridized carbons (Fsp3) is 1.00. The summed E-state index contributed by atoms with van der Waals surface area (Å²) in [7, 11) is 0. The van der Waals surface area contributed by atoms with Gasteiger partial charge in [0.05, 0.1) is 6.10 Å². The van der Waals surface area contributed by atoms with Crippen molar-refractivity contribution < 1.29 is 5.11 Å². The molecule has 2 aliphatic heterocycles. The summed E-state index contributed by atoms with van der Waals surface area (Å²) in [5.74, 6) is 2.28. The maximum absolute atomic E-state index is 9.93. The first-order chi connectivity index (χ1) is 6.14. The Hall–Kier alpha value is -0.0151. The highest BCUT2D eigenvalue weighted by Crippen LogP contribution is 2.57. The van der Waals surface area contributed by atoms with Crippen molar-refractivity contribution >= 4 is 8.41 Å². The van der Waals surface area contributed by atoms with E-state index >= 15 is 0 Å². The molecule has 0 unspecified atom stereocenters. The molecule has 1 saturated carbocycles. The van der Waals surface area contributed by atoms with E-state index in [1.807, 2.05) is 0 Å². The molecule has 2 nitrogen and oxygen atoms in total. The third-order valence-electron chi connectivity index (χ3n) is 5.04. The highest BCUT2D eigenvalue weighted by atomic mass is 16.3. The molecule has 3 rings (SSSR count). The maximum Gasteiger partial charge on any atom is 0.0713 e. The molecule has 1 aliphatic carbocycles. The van der Waals surface area contributed by atoms with Gasteiger partial charge in [0.15, 0.2) is 0 Å². The van der Waals surface area contributed by atoms with Gasteiger partial charge in [0.25, 0.3) is 0 Å². The first-order valence-corrected chi connectivity index (χ1v) is 5.57. The van der Waals surface area contributed by atoms with E-state index in [1.165, 1.54) is 19.4 Å². The van der Waals surface area contributed by atoms with Gasteiger partial charge >= 0.3 is 0 Å². The van der Waals surface area contributed by atoms with Crippen LogP contribution in [-0.2, 0) is 0 Å². The molecule has 3 heteroatoms. The summed E-state index contributed by atoms with van der Waals surface area (Å²) in [4.78, 5) is 2.55. The number of hydrogen-bond donors (Lipinski definition) is 1. The van der Waals surface area contributed by atoms with Crippen molar-refractivity contribution in [3.8, 4) is 0 Å². The lowest BCUT2D eigenvalue weighted by molar-refractivity contribution is 0.122. The second-order valence-electron chi connectivity index (χ2n) is 5.47. The summed E-state index contributed by atoms with van der Waals surface area (Å²) >= 11 is 0. The van der Waals surface area contributed by atoms with Gasteiger partial charge in [-0.25, -0.2) is 0 Å². The Kier molecular flexibility index (Phi) is 2.24. The highest BCUT2D eigenvalue weighted by molar-refractivity contribution is 5.75. The lowest BCUT2D eigenvalue weighted by atomic mass is 9.80. The van der Waals surface area contributed by atoms with Crippen LogP contribution in [0.5, 0.6) is 0 Å². The Morgan fingerprint density at radius 1 is 1.21 bits per heavy atom. The Balaban J connectivity index is 0.000000750. The molecule has 2 heterocycles. The van der Waals surface area contributed by atoms with Crippen LogP contribution in [0.4, 0.5) is 0 Å². The summed E-state index contributed by atoms with van der Waals surface area (Å²) in [5, 5.41) is 9.93. The molecule has 3 radical (unpaired) electrons. The van der Waals surface area contributed by atoms with Gasteiger partial charge in [-0.1, -0.05) is 6.92 Å². The molecular weight excluding hydrogens is 173 g/mol. The van der Waals surface area contributed by atoms with Gasteiger partial charge in [-0.3, -0.25) is 4.90 Å². The zero-order valence-electron chi connectivity index (χ0n) is 9.11. The second kappa shape index (κ2) is 2.99. The molecule has 3 aliphatic rings. The van der Waals surface area contributed by atoms with E-state index in [1.54, 1.807) is 0 Å². The maximum atomic E-state index is 9.93. The van der Waals surface area contributed by atoms with Crippen molar-refractivity contribution in [3.63, 3.8) is 0 Å². The molecule has 14 heavy (non-hydrogen) atoms. The van der Waals surface area contributed by atoms with Crippen molar-refractivity contribution in [1.82, 2.24) is 4.90 Å². The van der Waals surface area contributed by atoms with Gasteiger partial charge in [0.1, 0.15) is 0 Å². The largest absolute Gasteiger partial charge is 0.391 e. The summed E-state index contributed by atoms with van der Waals surface area (Å²) in [6.07, 6.45) is 2.56. The Morgan fingerprint density at radius 3 is 2.57 bits per heavy atom. The van der Waals surface area contributed by atoms with Gasteiger partial charge < -0.3 is 5.11 Å².